The van der Waals surface area contributed by atoms with E-state index in [1.807, 2.05) is 0 Å². The summed E-state index contributed by atoms with van der Waals surface area (Å²) in [6, 6.07) is 2.25. The predicted molar refractivity (Wildman–Crippen MR) is 68.8 cm³/mol. The standard InChI is InChI=1S/C13H15FN2O4/c1-2-20-13(17)15-7-3-4-9-10(8-15)11(14)5-6-12(9)16(18)19/h5-6H,2-4,7-8H2,1H3. The average molecular weight is 282 g/mol. The summed E-state index contributed by atoms with van der Waals surface area (Å²) in [6.07, 6.45) is 0.390. The van der Waals surface area contributed by atoms with E-state index in [1.165, 1.54) is 11.0 Å². The Kier molecular flexibility index (Phi) is 4.16. The summed E-state index contributed by atoms with van der Waals surface area (Å²) in [5.41, 5.74) is 0.499. The molecule has 1 aliphatic rings. The van der Waals surface area contributed by atoms with Crippen LogP contribution in [0.25, 0.3) is 0 Å². The summed E-state index contributed by atoms with van der Waals surface area (Å²) in [7, 11) is 0. The van der Waals surface area contributed by atoms with E-state index in [-0.39, 0.29) is 24.4 Å². The molecule has 0 saturated carbocycles. The number of amides is 1. The highest BCUT2D eigenvalue weighted by atomic mass is 19.1. The maximum Gasteiger partial charge on any atom is 0.410 e. The Bertz CT molecular complexity index is 547. The minimum Gasteiger partial charge on any atom is -0.450 e. The molecule has 1 heterocycles. The molecule has 1 aromatic carbocycles. The predicted octanol–water partition coefficient (Wildman–Crippen LogP) is 2.64. The van der Waals surface area contributed by atoms with Gasteiger partial charge in [0.1, 0.15) is 5.82 Å². The molecule has 108 valence electrons. The highest BCUT2D eigenvalue weighted by Crippen LogP contribution is 2.29. The van der Waals surface area contributed by atoms with Crippen LogP contribution in [0.15, 0.2) is 12.1 Å². The minimum absolute atomic E-state index is 0.00167. The number of hydrogen-bond donors (Lipinski definition) is 0. The van der Waals surface area contributed by atoms with Crippen molar-refractivity contribution in [3.63, 3.8) is 0 Å². The Labute approximate surface area is 115 Å². The summed E-state index contributed by atoms with van der Waals surface area (Å²) in [5, 5.41) is 11.0. The number of nitro groups is 1. The average Bonchev–Trinajstić information content (AvgIpc) is 2.62. The SMILES string of the molecule is CCOC(=O)N1CCCc2c([N+](=O)[O-])ccc(F)c2C1. The topological polar surface area (TPSA) is 72.7 Å². The molecule has 0 fully saturated rings. The molecular formula is C13H15FN2O4. The van der Waals surface area contributed by atoms with Crippen molar-refractivity contribution in [1.82, 2.24) is 4.90 Å². The fourth-order valence-electron chi connectivity index (χ4n) is 2.36. The van der Waals surface area contributed by atoms with Gasteiger partial charge in [-0.3, -0.25) is 10.1 Å². The molecule has 2 rings (SSSR count). The van der Waals surface area contributed by atoms with Gasteiger partial charge in [0.2, 0.25) is 0 Å². The van der Waals surface area contributed by atoms with Gasteiger partial charge in [0.25, 0.3) is 5.69 Å². The lowest BCUT2D eigenvalue weighted by Gasteiger charge is -2.20. The number of carbonyl (C=O) groups is 1. The van der Waals surface area contributed by atoms with Crippen LogP contribution in [0.1, 0.15) is 24.5 Å². The number of nitrogens with zero attached hydrogens (tertiary/aromatic N) is 2. The number of nitro benzene ring substituents is 1. The Morgan fingerprint density at radius 3 is 2.90 bits per heavy atom. The summed E-state index contributed by atoms with van der Waals surface area (Å²) in [4.78, 5) is 23.6. The summed E-state index contributed by atoms with van der Waals surface area (Å²) < 4.78 is 18.8. The van der Waals surface area contributed by atoms with Gasteiger partial charge < -0.3 is 9.64 Å². The Hall–Kier alpha value is -2.18. The van der Waals surface area contributed by atoms with Gasteiger partial charge in [-0.05, 0) is 25.8 Å². The molecule has 0 aliphatic carbocycles. The smallest absolute Gasteiger partial charge is 0.410 e. The molecule has 0 spiro atoms. The molecule has 0 radical (unpaired) electrons. The first kappa shape index (κ1) is 14.2. The lowest BCUT2D eigenvalue weighted by atomic mass is 10.0. The third-order valence-electron chi connectivity index (χ3n) is 3.28. The monoisotopic (exact) mass is 282 g/mol. The summed E-state index contributed by atoms with van der Waals surface area (Å²) >= 11 is 0. The first-order valence-electron chi connectivity index (χ1n) is 6.41. The number of ether oxygens (including phenoxy) is 1. The molecule has 0 N–H and O–H groups in total. The van der Waals surface area contributed by atoms with Crippen LogP contribution in [-0.2, 0) is 17.7 Å². The Balaban J connectivity index is 2.38. The summed E-state index contributed by atoms with van der Waals surface area (Å²) in [5.74, 6) is -0.526. The van der Waals surface area contributed by atoms with Crippen LogP contribution < -0.4 is 0 Å². The van der Waals surface area contributed by atoms with Gasteiger partial charge in [-0.25, -0.2) is 9.18 Å². The van der Waals surface area contributed by atoms with E-state index in [9.17, 15) is 19.3 Å². The fourth-order valence-corrected chi connectivity index (χ4v) is 2.36. The highest BCUT2D eigenvalue weighted by Gasteiger charge is 2.27. The van der Waals surface area contributed by atoms with Gasteiger partial charge >= 0.3 is 6.09 Å². The maximum atomic E-state index is 13.9. The number of fused-ring (bicyclic) bond motifs is 1. The van der Waals surface area contributed by atoms with Crippen LogP contribution in [0, 0.1) is 15.9 Å². The summed E-state index contributed by atoms with van der Waals surface area (Å²) in [6.45, 7) is 2.32. The van der Waals surface area contributed by atoms with Crippen molar-refractivity contribution in [1.29, 1.82) is 0 Å². The molecule has 7 heteroatoms. The van der Waals surface area contributed by atoms with Crippen molar-refractivity contribution in [3.8, 4) is 0 Å². The number of rotatable bonds is 2. The second-order valence-electron chi connectivity index (χ2n) is 4.50. The van der Waals surface area contributed by atoms with Crippen molar-refractivity contribution in [2.45, 2.75) is 26.3 Å². The molecule has 0 aromatic heterocycles. The van der Waals surface area contributed by atoms with Crippen molar-refractivity contribution in [2.24, 2.45) is 0 Å². The van der Waals surface area contributed by atoms with Crippen LogP contribution in [0.4, 0.5) is 14.9 Å². The van der Waals surface area contributed by atoms with Crippen LogP contribution in [0.5, 0.6) is 0 Å². The van der Waals surface area contributed by atoms with Crippen LogP contribution >= 0.6 is 0 Å². The zero-order valence-electron chi connectivity index (χ0n) is 11.1. The van der Waals surface area contributed by atoms with Gasteiger partial charge in [-0.15, -0.1) is 0 Å². The van der Waals surface area contributed by atoms with Crippen molar-refractivity contribution in [3.05, 3.63) is 39.2 Å². The zero-order chi connectivity index (χ0) is 14.7. The molecule has 6 nitrogen and oxygen atoms in total. The molecule has 20 heavy (non-hydrogen) atoms. The number of hydrogen-bond acceptors (Lipinski definition) is 4. The molecule has 1 amide bonds. The minimum atomic E-state index is -0.526. The second kappa shape index (κ2) is 5.85. The zero-order valence-corrected chi connectivity index (χ0v) is 11.1. The molecule has 0 bridgehead atoms. The first-order chi connectivity index (χ1) is 9.54. The quantitative estimate of drug-likeness (QED) is 0.617. The Morgan fingerprint density at radius 1 is 1.50 bits per heavy atom. The fraction of sp³-hybridized carbons (Fsp3) is 0.462. The number of benzene rings is 1. The third kappa shape index (κ3) is 2.71. The maximum absolute atomic E-state index is 13.9. The van der Waals surface area contributed by atoms with Gasteiger partial charge in [-0.1, -0.05) is 0 Å². The van der Waals surface area contributed by atoms with Crippen LogP contribution in [0.2, 0.25) is 0 Å². The lowest BCUT2D eigenvalue weighted by molar-refractivity contribution is -0.385. The van der Waals surface area contributed by atoms with E-state index in [0.717, 1.165) is 6.07 Å². The Morgan fingerprint density at radius 2 is 2.25 bits per heavy atom. The van der Waals surface area contributed by atoms with Gasteiger partial charge in [-0.2, -0.15) is 0 Å². The van der Waals surface area contributed by atoms with Crippen molar-refractivity contribution >= 4 is 11.8 Å². The second-order valence-corrected chi connectivity index (χ2v) is 4.50. The molecule has 0 atom stereocenters. The van der Waals surface area contributed by atoms with E-state index in [4.69, 9.17) is 4.74 Å². The van der Waals surface area contributed by atoms with Gasteiger partial charge in [0.05, 0.1) is 18.1 Å². The molecule has 0 unspecified atom stereocenters. The molecule has 1 aromatic rings. The van der Waals surface area contributed by atoms with E-state index in [0.29, 0.717) is 24.9 Å². The van der Waals surface area contributed by atoms with Crippen LogP contribution in [0.3, 0.4) is 0 Å². The van der Waals surface area contributed by atoms with Gasteiger partial charge in [0.15, 0.2) is 0 Å². The molecule has 0 saturated heterocycles. The number of carbonyl (C=O) groups excluding carboxylic acids is 1. The first-order valence-corrected chi connectivity index (χ1v) is 6.41. The van der Waals surface area contributed by atoms with E-state index < -0.39 is 16.8 Å². The van der Waals surface area contributed by atoms with Crippen molar-refractivity contribution < 1.29 is 18.8 Å². The van der Waals surface area contributed by atoms with Gasteiger partial charge in [0, 0.05) is 23.7 Å². The molecular weight excluding hydrogens is 267 g/mol. The van der Waals surface area contributed by atoms with Crippen molar-refractivity contribution in [2.75, 3.05) is 13.2 Å². The van der Waals surface area contributed by atoms with E-state index in [1.54, 1.807) is 6.92 Å². The van der Waals surface area contributed by atoms with Crippen LogP contribution in [-0.4, -0.2) is 29.1 Å². The normalized spacial score (nSPS) is 14.4. The van der Waals surface area contributed by atoms with E-state index >= 15 is 0 Å². The lowest BCUT2D eigenvalue weighted by Crippen LogP contribution is -2.31. The highest BCUT2D eigenvalue weighted by molar-refractivity contribution is 5.68. The van der Waals surface area contributed by atoms with E-state index in [2.05, 4.69) is 0 Å². The number of halogens is 1. The molecule has 1 aliphatic heterocycles. The largest absolute Gasteiger partial charge is 0.450 e. The third-order valence-corrected chi connectivity index (χ3v) is 3.28.